The fraction of sp³-hybridized carbons (Fsp3) is 0.286. The van der Waals surface area contributed by atoms with E-state index >= 15 is 0 Å². The molecule has 0 spiro atoms. The zero-order chi connectivity index (χ0) is 22.2. The highest BCUT2D eigenvalue weighted by atomic mass is 35.5. The summed E-state index contributed by atoms with van der Waals surface area (Å²) in [4.78, 5) is 14.2. The summed E-state index contributed by atoms with van der Waals surface area (Å²) >= 11 is 5.74. The van der Waals surface area contributed by atoms with E-state index in [2.05, 4.69) is 9.88 Å². The maximum Gasteiger partial charge on any atom is 0.321 e. The first-order chi connectivity index (χ1) is 14.8. The van der Waals surface area contributed by atoms with Gasteiger partial charge in [0.25, 0.3) is 0 Å². The van der Waals surface area contributed by atoms with Gasteiger partial charge in [0, 0.05) is 55.5 Å². The van der Waals surface area contributed by atoms with Crippen LogP contribution in [0.4, 0.5) is 14.9 Å². The number of amides is 2. The van der Waals surface area contributed by atoms with Gasteiger partial charge in [-0.1, -0.05) is 11.6 Å². The van der Waals surface area contributed by atoms with Crippen molar-refractivity contribution in [2.45, 2.75) is 18.4 Å². The number of hydrogen-bond acceptors (Lipinski definition) is 3. The molecule has 1 aliphatic heterocycles. The Kier molecular flexibility index (Phi) is 5.92. The fourth-order valence-electron chi connectivity index (χ4n) is 3.67. The molecule has 31 heavy (non-hydrogen) atoms. The SMILES string of the molecule is CCn1ccc2cc(S(=O)(=O)N3CCN(C(=O)Nc4ccc(F)c(Cl)c4)CC3)ccc21. The molecule has 4 rings (SSSR count). The highest BCUT2D eigenvalue weighted by Gasteiger charge is 2.30. The molecule has 2 heterocycles. The van der Waals surface area contributed by atoms with Gasteiger partial charge in [0.2, 0.25) is 10.0 Å². The van der Waals surface area contributed by atoms with E-state index in [0.29, 0.717) is 5.69 Å². The summed E-state index contributed by atoms with van der Waals surface area (Å²) in [6.45, 7) is 3.71. The van der Waals surface area contributed by atoms with Gasteiger partial charge in [0.05, 0.1) is 9.92 Å². The first-order valence-corrected chi connectivity index (χ1v) is 11.7. The summed E-state index contributed by atoms with van der Waals surface area (Å²) in [5.74, 6) is -0.567. The standard InChI is InChI=1S/C21H22ClFN4O3S/c1-2-25-8-7-15-13-17(4-6-20(15)25)31(29,30)27-11-9-26(10-12-27)21(28)24-16-3-5-19(23)18(22)14-16/h3-8,13-14H,2,9-12H2,1H3,(H,24,28). The van der Waals surface area contributed by atoms with Gasteiger partial charge in [0.1, 0.15) is 5.82 Å². The van der Waals surface area contributed by atoms with E-state index in [1.807, 2.05) is 25.3 Å². The first-order valence-electron chi connectivity index (χ1n) is 9.89. The van der Waals surface area contributed by atoms with Crippen molar-refractivity contribution in [3.63, 3.8) is 0 Å². The van der Waals surface area contributed by atoms with Gasteiger partial charge in [0.15, 0.2) is 0 Å². The molecule has 1 aromatic heterocycles. The molecule has 1 aliphatic rings. The molecular formula is C21H22ClFN4O3S. The maximum absolute atomic E-state index is 13.3. The number of fused-ring (bicyclic) bond motifs is 1. The lowest BCUT2D eigenvalue weighted by Gasteiger charge is -2.34. The van der Waals surface area contributed by atoms with Crippen molar-refractivity contribution in [1.29, 1.82) is 0 Å². The van der Waals surface area contributed by atoms with Gasteiger partial charge >= 0.3 is 6.03 Å². The zero-order valence-corrected chi connectivity index (χ0v) is 18.5. The lowest BCUT2D eigenvalue weighted by atomic mass is 10.2. The maximum atomic E-state index is 13.3. The Balaban J connectivity index is 1.42. The van der Waals surface area contributed by atoms with Gasteiger partial charge < -0.3 is 14.8 Å². The Hall–Kier alpha value is -2.62. The lowest BCUT2D eigenvalue weighted by molar-refractivity contribution is 0.184. The van der Waals surface area contributed by atoms with Crippen LogP contribution in [0.3, 0.4) is 0 Å². The number of carbonyl (C=O) groups excluding carboxylic acids is 1. The summed E-state index contributed by atoms with van der Waals surface area (Å²) in [5.41, 5.74) is 1.36. The summed E-state index contributed by atoms with van der Waals surface area (Å²) in [7, 11) is -3.66. The summed E-state index contributed by atoms with van der Waals surface area (Å²) < 4.78 is 42.9. The molecule has 3 aromatic rings. The van der Waals surface area contributed by atoms with E-state index in [4.69, 9.17) is 11.6 Å². The smallest absolute Gasteiger partial charge is 0.321 e. The predicted molar refractivity (Wildman–Crippen MR) is 118 cm³/mol. The van der Waals surface area contributed by atoms with Crippen LogP contribution in [0, 0.1) is 5.82 Å². The number of anilines is 1. The summed E-state index contributed by atoms with van der Waals surface area (Å²) in [6, 6.07) is 10.6. The van der Waals surface area contributed by atoms with Gasteiger partial charge in [-0.3, -0.25) is 0 Å². The van der Waals surface area contributed by atoms with E-state index in [0.717, 1.165) is 17.4 Å². The Bertz CT molecular complexity index is 1240. The molecule has 0 aliphatic carbocycles. The minimum absolute atomic E-state index is 0.0834. The average molecular weight is 465 g/mol. The highest BCUT2D eigenvalue weighted by Crippen LogP contribution is 2.24. The van der Waals surface area contributed by atoms with Crippen LogP contribution in [0.15, 0.2) is 53.6 Å². The van der Waals surface area contributed by atoms with Crippen molar-refractivity contribution in [1.82, 2.24) is 13.8 Å². The number of halogens is 2. The number of rotatable bonds is 4. The molecule has 0 unspecified atom stereocenters. The van der Waals surface area contributed by atoms with Crippen LogP contribution in [0.2, 0.25) is 5.02 Å². The molecule has 0 atom stereocenters. The van der Waals surface area contributed by atoms with E-state index in [1.54, 1.807) is 12.1 Å². The summed E-state index contributed by atoms with van der Waals surface area (Å²) in [5, 5.41) is 3.45. The Morgan fingerprint density at radius 1 is 1.10 bits per heavy atom. The monoisotopic (exact) mass is 464 g/mol. The topological polar surface area (TPSA) is 74.7 Å². The van der Waals surface area contributed by atoms with Crippen molar-refractivity contribution < 1.29 is 17.6 Å². The van der Waals surface area contributed by atoms with E-state index in [9.17, 15) is 17.6 Å². The summed E-state index contributed by atoms with van der Waals surface area (Å²) in [6.07, 6.45) is 1.94. The second kappa shape index (κ2) is 8.49. The number of carbonyl (C=O) groups is 1. The van der Waals surface area contributed by atoms with E-state index in [1.165, 1.54) is 27.4 Å². The Labute approximate surface area is 185 Å². The number of piperazine rings is 1. The predicted octanol–water partition coefficient (Wildman–Crippen LogP) is 3.99. The van der Waals surface area contributed by atoms with Crippen molar-refractivity contribution >= 4 is 44.2 Å². The molecule has 10 heteroatoms. The van der Waals surface area contributed by atoms with E-state index in [-0.39, 0.29) is 42.1 Å². The molecule has 164 valence electrons. The number of sulfonamides is 1. The third kappa shape index (κ3) is 4.26. The van der Waals surface area contributed by atoms with Gasteiger partial charge in [-0.2, -0.15) is 4.31 Å². The van der Waals surface area contributed by atoms with Crippen LogP contribution in [-0.4, -0.2) is 54.4 Å². The average Bonchev–Trinajstić information content (AvgIpc) is 3.19. The van der Waals surface area contributed by atoms with Crippen molar-refractivity contribution in [2.75, 3.05) is 31.5 Å². The van der Waals surface area contributed by atoms with Crippen LogP contribution >= 0.6 is 11.6 Å². The van der Waals surface area contributed by atoms with E-state index < -0.39 is 15.8 Å². The Morgan fingerprint density at radius 2 is 1.84 bits per heavy atom. The number of aryl methyl sites for hydroxylation is 1. The van der Waals surface area contributed by atoms with Gasteiger partial charge in [-0.05, 0) is 49.4 Å². The fourth-order valence-corrected chi connectivity index (χ4v) is 5.31. The zero-order valence-electron chi connectivity index (χ0n) is 16.9. The lowest BCUT2D eigenvalue weighted by Crippen LogP contribution is -2.51. The molecule has 1 N–H and O–H groups in total. The third-order valence-corrected chi connectivity index (χ3v) is 7.60. The highest BCUT2D eigenvalue weighted by molar-refractivity contribution is 7.89. The molecule has 1 saturated heterocycles. The molecule has 0 bridgehead atoms. The molecule has 2 aromatic carbocycles. The van der Waals surface area contributed by atoms with Crippen LogP contribution in [0.5, 0.6) is 0 Å². The van der Waals surface area contributed by atoms with Gasteiger partial charge in [-0.15, -0.1) is 0 Å². The molecule has 7 nitrogen and oxygen atoms in total. The Morgan fingerprint density at radius 3 is 2.52 bits per heavy atom. The van der Waals surface area contributed by atoms with Crippen molar-refractivity contribution in [3.05, 3.63) is 59.5 Å². The van der Waals surface area contributed by atoms with Gasteiger partial charge in [-0.25, -0.2) is 17.6 Å². The first kappa shape index (κ1) is 21.6. The third-order valence-electron chi connectivity index (χ3n) is 5.42. The minimum atomic E-state index is -3.66. The quantitative estimate of drug-likeness (QED) is 0.634. The number of benzene rings is 2. The number of nitrogens with zero attached hydrogens (tertiary/aromatic N) is 3. The largest absolute Gasteiger partial charge is 0.348 e. The van der Waals surface area contributed by atoms with Crippen LogP contribution in [0.25, 0.3) is 10.9 Å². The second-order valence-corrected chi connectivity index (χ2v) is 9.62. The van der Waals surface area contributed by atoms with Crippen LogP contribution in [-0.2, 0) is 16.6 Å². The van der Waals surface area contributed by atoms with Crippen molar-refractivity contribution in [3.8, 4) is 0 Å². The molecular weight excluding hydrogens is 443 g/mol. The normalized spacial score (nSPS) is 15.4. The number of hydrogen-bond donors (Lipinski definition) is 1. The van der Waals surface area contributed by atoms with Crippen LogP contribution in [0.1, 0.15) is 6.92 Å². The number of aromatic nitrogens is 1. The number of urea groups is 1. The van der Waals surface area contributed by atoms with Crippen LogP contribution < -0.4 is 5.32 Å². The van der Waals surface area contributed by atoms with Crippen molar-refractivity contribution in [2.24, 2.45) is 0 Å². The molecule has 2 amide bonds. The molecule has 0 radical (unpaired) electrons. The number of nitrogens with one attached hydrogen (secondary N) is 1. The molecule has 0 saturated carbocycles. The second-order valence-electron chi connectivity index (χ2n) is 7.27. The minimum Gasteiger partial charge on any atom is -0.348 e. The molecule has 1 fully saturated rings.